The van der Waals surface area contributed by atoms with E-state index < -0.39 is 46.3 Å². The van der Waals surface area contributed by atoms with Crippen molar-refractivity contribution in [3.63, 3.8) is 0 Å². The van der Waals surface area contributed by atoms with Gasteiger partial charge in [0.05, 0.1) is 36.8 Å². The average molecular weight is 466 g/mol. The lowest BCUT2D eigenvalue weighted by Crippen LogP contribution is -2.57. The minimum atomic E-state index is -4.68. The van der Waals surface area contributed by atoms with E-state index in [-0.39, 0.29) is 5.56 Å². The van der Waals surface area contributed by atoms with E-state index >= 15 is 0 Å². The number of fused-ring (bicyclic) bond motifs is 2. The molecule has 2 bridgehead atoms. The minimum absolute atomic E-state index is 0.129. The molecule has 2 aliphatic heterocycles. The maximum atomic E-state index is 13.4. The van der Waals surface area contributed by atoms with Crippen molar-refractivity contribution in [2.45, 2.75) is 30.9 Å². The molecule has 2 fully saturated rings. The Morgan fingerprint density at radius 1 is 1.00 bits per heavy atom. The summed E-state index contributed by atoms with van der Waals surface area (Å²) in [4.78, 5) is 0. The summed E-state index contributed by atoms with van der Waals surface area (Å²) < 4.78 is 57.1. The van der Waals surface area contributed by atoms with Crippen LogP contribution in [0.2, 0.25) is 0 Å². The second-order valence-corrected chi connectivity index (χ2v) is 8.23. The highest BCUT2D eigenvalue weighted by Crippen LogP contribution is 2.69. The van der Waals surface area contributed by atoms with Crippen molar-refractivity contribution in [2.75, 3.05) is 7.11 Å². The molecule has 0 saturated carbocycles. The molecular formula is C24H17F3N4O3. The van der Waals surface area contributed by atoms with E-state index in [9.17, 15) is 29.0 Å². The van der Waals surface area contributed by atoms with Gasteiger partial charge in [0.25, 0.3) is 0 Å². The average Bonchev–Trinajstić information content (AvgIpc) is 3.01. The number of rotatable bonds is 3. The van der Waals surface area contributed by atoms with Gasteiger partial charge in [-0.25, -0.2) is 0 Å². The van der Waals surface area contributed by atoms with Crippen LogP contribution in [0.5, 0.6) is 5.75 Å². The Bertz CT molecular complexity index is 1270. The zero-order chi connectivity index (χ0) is 24.9. The van der Waals surface area contributed by atoms with Gasteiger partial charge in [-0.3, -0.25) is 5.41 Å². The summed E-state index contributed by atoms with van der Waals surface area (Å²) in [6, 6.07) is 16.1. The number of nitrogens with one attached hydrogen (secondary N) is 1. The number of methoxy groups -OCH3 is 1. The summed E-state index contributed by atoms with van der Waals surface area (Å²) in [5, 5.41) is 39.5. The Kier molecular flexibility index (Phi) is 5.08. The summed E-state index contributed by atoms with van der Waals surface area (Å²) >= 11 is 0. The Balaban J connectivity index is 1.98. The predicted molar refractivity (Wildman–Crippen MR) is 110 cm³/mol. The number of benzene rings is 2. The molecule has 4 unspecified atom stereocenters. The monoisotopic (exact) mass is 466 g/mol. The number of ether oxygens (including phenoxy) is 3. The van der Waals surface area contributed by atoms with Gasteiger partial charge in [0.15, 0.2) is 5.41 Å². The minimum Gasteiger partial charge on any atom is -0.497 e. The molecule has 10 heteroatoms. The number of hydrogen-bond acceptors (Lipinski definition) is 7. The van der Waals surface area contributed by atoms with Crippen LogP contribution in [-0.2, 0) is 15.7 Å². The van der Waals surface area contributed by atoms with Crippen LogP contribution in [0.25, 0.3) is 0 Å². The van der Waals surface area contributed by atoms with E-state index in [0.29, 0.717) is 11.3 Å². The molecule has 1 N–H and O–H groups in total. The summed E-state index contributed by atoms with van der Waals surface area (Å²) in [7, 11) is 1.47. The van der Waals surface area contributed by atoms with Crippen molar-refractivity contribution in [3.05, 3.63) is 65.2 Å². The molecule has 0 aliphatic carbocycles. The Morgan fingerprint density at radius 3 is 2.18 bits per heavy atom. The van der Waals surface area contributed by atoms with Gasteiger partial charge < -0.3 is 14.2 Å². The van der Waals surface area contributed by atoms with Crippen LogP contribution in [0.4, 0.5) is 13.2 Å². The predicted octanol–water partition coefficient (Wildman–Crippen LogP) is 4.84. The molecule has 172 valence electrons. The fraction of sp³-hybridized carbons (Fsp3) is 0.333. The molecule has 0 spiro atoms. The first kappa shape index (κ1) is 23.1. The van der Waals surface area contributed by atoms with Gasteiger partial charge in [0, 0.05) is 6.92 Å². The standard InChI is InChI=1S/C24H17F3N4O3/c1-21-18(14-6-8-17(32-2)9-7-14)23(13-30,20(31)34-21)22(11-28,12-29)19(33-21)15-4-3-5-16(10-15)24(25,26)27/h3-10,18-19,31H,1-2H3. The van der Waals surface area contributed by atoms with Crippen LogP contribution in [0.1, 0.15) is 35.6 Å². The molecule has 0 amide bonds. The van der Waals surface area contributed by atoms with Crippen molar-refractivity contribution in [1.82, 2.24) is 0 Å². The van der Waals surface area contributed by atoms with E-state index in [1.807, 2.05) is 18.2 Å². The highest BCUT2D eigenvalue weighted by atomic mass is 19.4. The molecule has 0 radical (unpaired) electrons. The SMILES string of the molecule is COc1ccc(C2C3(C)OC(=N)C2(C#N)C(C#N)(C#N)C(c2cccc(C(F)(F)F)c2)O3)cc1. The van der Waals surface area contributed by atoms with Crippen LogP contribution in [-0.4, -0.2) is 18.8 Å². The van der Waals surface area contributed by atoms with E-state index in [4.69, 9.17) is 19.6 Å². The molecule has 2 heterocycles. The molecular weight excluding hydrogens is 449 g/mol. The molecule has 0 aromatic heterocycles. The zero-order valence-corrected chi connectivity index (χ0v) is 18.0. The van der Waals surface area contributed by atoms with Crippen molar-refractivity contribution in [1.29, 1.82) is 21.2 Å². The third-order valence-corrected chi connectivity index (χ3v) is 6.48. The summed E-state index contributed by atoms with van der Waals surface area (Å²) in [6.07, 6.45) is -6.29. The Morgan fingerprint density at radius 2 is 1.65 bits per heavy atom. The smallest absolute Gasteiger partial charge is 0.416 e. The van der Waals surface area contributed by atoms with Crippen molar-refractivity contribution in [2.24, 2.45) is 10.8 Å². The Labute approximate surface area is 193 Å². The summed E-state index contributed by atoms with van der Waals surface area (Å²) in [5.41, 5.74) is -5.27. The maximum Gasteiger partial charge on any atom is 0.416 e. The lowest BCUT2D eigenvalue weighted by atomic mass is 9.52. The van der Waals surface area contributed by atoms with Crippen LogP contribution >= 0.6 is 0 Å². The van der Waals surface area contributed by atoms with Gasteiger partial charge in [-0.05, 0) is 35.4 Å². The van der Waals surface area contributed by atoms with E-state index in [1.165, 1.54) is 20.1 Å². The van der Waals surface area contributed by atoms with Crippen molar-refractivity contribution in [3.8, 4) is 24.0 Å². The van der Waals surface area contributed by atoms with Gasteiger partial charge in [-0.2, -0.15) is 29.0 Å². The Hall–Kier alpha value is -4.07. The molecule has 7 nitrogen and oxygen atoms in total. The lowest BCUT2D eigenvalue weighted by molar-refractivity contribution is -0.253. The van der Waals surface area contributed by atoms with E-state index in [1.54, 1.807) is 24.3 Å². The quantitative estimate of drug-likeness (QED) is 0.691. The first-order valence-corrected chi connectivity index (χ1v) is 10.0. The van der Waals surface area contributed by atoms with Crippen molar-refractivity contribution < 1.29 is 27.4 Å². The maximum absolute atomic E-state index is 13.4. The second kappa shape index (κ2) is 7.48. The van der Waals surface area contributed by atoms with E-state index in [0.717, 1.165) is 18.2 Å². The highest BCUT2D eigenvalue weighted by Gasteiger charge is 2.79. The number of nitriles is 3. The summed E-state index contributed by atoms with van der Waals surface area (Å²) in [5.74, 6) is -2.98. The van der Waals surface area contributed by atoms with E-state index in [2.05, 4.69) is 0 Å². The topological polar surface area (TPSA) is 123 Å². The zero-order valence-electron chi connectivity index (χ0n) is 18.0. The largest absolute Gasteiger partial charge is 0.497 e. The third kappa shape index (κ3) is 2.88. The highest BCUT2D eigenvalue weighted by molar-refractivity contribution is 5.90. The van der Waals surface area contributed by atoms with Crippen LogP contribution in [0.3, 0.4) is 0 Å². The third-order valence-electron chi connectivity index (χ3n) is 6.48. The second-order valence-electron chi connectivity index (χ2n) is 8.23. The molecule has 2 saturated heterocycles. The first-order valence-electron chi connectivity index (χ1n) is 10.0. The van der Waals surface area contributed by atoms with Crippen LogP contribution in [0.15, 0.2) is 48.5 Å². The molecule has 4 atom stereocenters. The molecule has 2 aromatic rings. The van der Waals surface area contributed by atoms with Gasteiger partial charge in [-0.15, -0.1) is 0 Å². The van der Waals surface area contributed by atoms with Crippen LogP contribution in [0, 0.1) is 50.2 Å². The van der Waals surface area contributed by atoms with Gasteiger partial charge in [0.2, 0.25) is 17.1 Å². The fourth-order valence-corrected chi connectivity index (χ4v) is 4.96. The normalized spacial score (nSPS) is 29.3. The van der Waals surface area contributed by atoms with Gasteiger partial charge in [-0.1, -0.05) is 24.3 Å². The van der Waals surface area contributed by atoms with Crippen molar-refractivity contribution >= 4 is 5.90 Å². The number of alkyl halides is 3. The van der Waals surface area contributed by atoms with Gasteiger partial charge in [0.1, 0.15) is 11.9 Å². The number of hydrogen-bond donors (Lipinski definition) is 1. The lowest BCUT2D eigenvalue weighted by Gasteiger charge is -2.49. The number of nitrogens with zero attached hydrogens (tertiary/aromatic N) is 3. The molecule has 2 aromatic carbocycles. The van der Waals surface area contributed by atoms with Gasteiger partial charge >= 0.3 is 6.18 Å². The summed E-state index contributed by atoms with van der Waals surface area (Å²) in [6.45, 7) is 1.44. The van der Waals surface area contributed by atoms with Crippen LogP contribution < -0.4 is 4.74 Å². The number of halogens is 3. The first-order chi connectivity index (χ1) is 16.0. The fourth-order valence-electron chi connectivity index (χ4n) is 4.96. The molecule has 4 rings (SSSR count). The molecule has 34 heavy (non-hydrogen) atoms. The molecule has 2 aliphatic rings.